The number of hydrogen-bond acceptors (Lipinski definition) is 8. The van der Waals surface area contributed by atoms with Crippen LogP contribution in [0.1, 0.15) is 74.4 Å². The van der Waals surface area contributed by atoms with E-state index in [0.717, 1.165) is 88.8 Å². The zero-order valence-electron chi connectivity index (χ0n) is 29.7. The Bertz CT molecular complexity index is 1710. The highest BCUT2D eigenvalue weighted by Gasteiger charge is 2.47. The van der Waals surface area contributed by atoms with Crippen LogP contribution in [0.4, 0.5) is 5.69 Å². The summed E-state index contributed by atoms with van der Waals surface area (Å²) in [5.41, 5.74) is 2.92. The number of hydrogen-bond donors (Lipinski definition) is 1. The van der Waals surface area contributed by atoms with E-state index in [4.69, 9.17) is 25.8 Å². The van der Waals surface area contributed by atoms with Crippen molar-refractivity contribution in [1.82, 2.24) is 9.62 Å². The van der Waals surface area contributed by atoms with Crippen molar-refractivity contribution < 1.29 is 27.4 Å². The summed E-state index contributed by atoms with van der Waals surface area (Å²) in [4.78, 5) is 18.4. The lowest BCUT2D eigenvalue weighted by Crippen LogP contribution is -2.52. The zero-order chi connectivity index (χ0) is 35.1. The van der Waals surface area contributed by atoms with Gasteiger partial charge >= 0.3 is 0 Å². The average molecular weight is 726 g/mol. The number of rotatable bonds is 4. The Labute approximate surface area is 302 Å². The largest absolute Gasteiger partial charge is 0.490 e. The number of halogens is 1. The molecule has 2 aliphatic carbocycles. The molecule has 3 aliphatic heterocycles. The molecule has 272 valence electrons. The maximum absolute atomic E-state index is 13.6. The Kier molecular flexibility index (Phi) is 10.3. The highest BCUT2D eigenvalue weighted by atomic mass is 35.5. The molecule has 5 aliphatic rings. The van der Waals surface area contributed by atoms with Crippen LogP contribution in [0.2, 0.25) is 5.02 Å². The molecule has 2 aromatic carbocycles. The van der Waals surface area contributed by atoms with E-state index >= 15 is 0 Å². The van der Waals surface area contributed by atoms with Crippen molar-refractivity contribution in [3.05, 3.63) is 70.3 Å². The number of sulfonamides is 1. The lowest BCUT2D eigenvalue weighted by atomic mass is 9.64. The van der Waals surface area contributed by atoms with Gasteiger partial charge in [0.1, 0.15) is 5.75 Å². The van der Waals surface area contributed by atoms with Gasteiger partial charge in [0.2, 0.25) is 10.0 Å². The van der Waals surface area contributed by atoms with Crippen LogP contribution in [-0.4, -0.2) is 89.2 Å². The van der Waals surface area contributed by atoms with Crippen LogP contribution < -0.4 is 14.4 Å². The van der Waals surface area contributed by atoms with E-state index in [1.807, 2.05) is 25.1 Å². The molecule has 50 heavy (non-hydrogen) atoms. The second kappa shape index (κ2) is 14.4. The van der Waals surface area contributed by atoms with Gasteiger partial charge in [-0.2, -0.15) is 0 Å². The smallest absolute Gasteiger partial charge is 0.264 e. The van der Waals surface area contributed by atoms with E-state index in [1.165, 1.54) is 11.1 Å². The third-order valence-corrected chi connectivity index (χ3v) is 14.5. The first-order valence-electron chi connectivity index (χ1n) is 18.4. The van der Waals surface area contributed by atoms with Gasteiger partial charge in [-0.15, -0.1) is 0 Å². The molecule has 3 heterocycles. The average Bonchev–Trinajstić information content (AvgIpc) is 3.22. The fourth-order valence-electron chi connectivity index (χ4n) is 8.87. The molecule has 2 fully saturated rings. The van der Waals surface area contributed by atoms with Gasteiger partial charge in [-0.3, -0.25) is 9.69 Å². The van der Waals surface area contributed by atoms with Gasteiger partial charge in [0, 0.05) is 48.7 Å². The predicted octanol–water partition coefficient (Wildman–Crippen LogP) is 5.99. The number of carbonyl (C=O) groups excluding carboxylic acids is 1. The predicted molar refractivity (Wildman–Crippen MR) is 197 cm³/mol. The Morgan fingerprint density at radius 1 is 1.10 bits per heavy atom. The van der Waals surface area contributed by atoms with Gasteiger partial charge in [0.05, 0.1) is 43.0 Å². The summed E-state index contributed by atoms with van der Waals surface area (Å²) in [7, 11) is -3.94. The number of morpholine rings is 1. The number of ether oxygens (including phenoxy) is 3. The van der Waals surface area contributed by atoms with E-state index < -0.39 is 26.8 Å². The first-order chi connectivity index (χ1) is 24.0. The molecular weight excluding hydrogens is 674 g/mol. The van der Waals surface area contributed by atoms with Crippen LogP contribution in [0, 0.1) is 17.8 Å². The van der Waals surface area contributed by atoms with E-state index in [1.54, 1.807) is 13.0 Å². The molecule has 7 rings (SSSR count). The summed E-state index contributed by atoms with van der Waals surface area (Å²) < 4.78 is 48.5. The van der Waals surface area contributed by atoms with E-state index in [9.17, 15) is 13.2 Å². The molecule has 1 amide bonds. The Morgan fingerprint density at radius 2 is 1.92 bits per heavy atom. The van der Waals surface area contributed by atoms with Crippen molar-refractivity contribution in [2.24, 2.45) is 17.8 Å². The molecule has 9 nitrogen and oxygen atoms in total. The lowest BCUT2D eigenvalue weighted by Gasteiger charge is -2.50. The summed E-state index contributed by atoms with van der Waals surface area (Å²) in [5.74, 6) is 0.519. The quantitative estimate of drug-likeness (QED) is 0.384. The number of allylic oxidation sites excluding steroid dienone is 1. The molecule has 1 N–H and O–H groups in total. The normalized spacial score (nSPS) is 33.6. The van der Waals surface area contributed by atoms with Gasteiger partial charge in [-0.25, -0.2) is 13.1 Å². The molecule has 0 radical (unpaired) electrons. The lowest BCUT2D eigenvalue weighted by molar-refractivity contribution is -0.0937. The number of fused-ring (bicyclic) bond motifs is 4. The van der Waals surface area contributed by atoms with E-state index in [2.05, 4.69) is 45.7 Å². The number of benzene rings is 2. The van der Waals surface area contributed by atoms with Crippen LogP contribution >= 0.6 is 11.6 Å². The monoisotopic (exact) mass is 725 g/mol. The summed E-state index contributed by atoms with van der Waals surface area (Å²) in [5, 5.41) is -0.0226. The molecule has 0 aromatic heterocycles. The molecule has 1 saturated carbocycles. The third kappa shape index (κ3) is 7.20. The fourth-order valence-corrected chi connectivity index (χ4v) is 10.4. The van der Waals surface area contributed by atoms with Crippen LogP contribution in [-0.2, 0) is 31.3 Å². The minimum absolute atomic E-state index is 0.209. The first-order valence-corrected chi connectivity index (χ1v) is 20.4. The summed E-state index contributed by atoms with van der Waals surface area (Å²) in [6.07, 6.45) is 10.00. The van der Waals surface area contributed by atoms with Gasteiger partial charge in [0.15, 0.2) is 0 Å². The molecule has 11 heteroatoms. The Balaban J connectivity index is 1.26. The highest BCUT2D eigenvalue weighted by molar-refractivity contribution is 7.90. The van der Waals surface area contributed by atoms with Crippen molar-refractivity contribution in [2.75, 3.05) is 64.1 Å². The van der Waals surface area contributed by atoms with E-state index in [0.29, 0.717) is 36.9 Å². The Morgan fingerprint density at radius 3 is 2.70 bits per heavy atom. The van der Waals surface area contributed by atoms with Crippen molar-refractivity contribution >= 4 is 33.2 Å². The van der Waals surface area contributed by atoms with Crippen LogP contribution in [0.25, 0.3) is 0 Å². The standard InChI is InChI=1S/C39H52ClN3O6S/c1-27-6-4-14-38(3,49-21-18-42-16-19-47-20-17-42)33-11-8-31(33)24-43-25-39(15-5-7-29-22-32(40)10-12-34(29)39)26-48-36-13-9-30(23-35(36)43)37(44)41-50(45,46)28(27)2/h4,9-10,12-14,22-23,27-28,31,33H,5-8,11,15-21,24-26H2,1-3H3,(H,41,44)/b14-4-/t27-,28+,31-,33+,38+,39-/m0/s1. The number of anilines is 1. The minimum Gasteiger partial charge on any atom is -0.490 e. The van der Waals surface area contributed by atoms with Gasteiger partial charge < -0.3 is 19.1 Å². The number of nitrogens with one attached hydrogen (secondary N) is 1. The van der Waals surface area contributed by atoms with Gasteiger partial charge in [-0.1, -0.05) is 36.7 Å². The van der Waals surface area contributed by atoms with Gasteiger partial charge in [0.25, 0.3) is 5.91 Å². The number of aryl methyl sites for hydroxylation is 1. The summed E-state index contributed by atoms with van der Waals surface area (Å²) >= 11 is 6.47. The summed E-state index contributed by atoms with van der Waals surface area (Å²) in [6.45, 7) is 12.6. The van der Waals surface area contributed by atoms with Gasteiger partial charge in [-0.05, 0) is 112 Å². The molecule has 2 aromatic rings. The molecular formula is C39H52ClN3O6S. The van der Waals surface area contributed by atoms with Crippen LogP contribution in [0.5, 0.6) is 5.75 Å². The molecule has 6 atom stereocenters. The SMILES string of the molecule is C[C@@H]1[C@@H](C)C/C=C\[C@@](C)(OCCN2CCOCC2)[C@@H]2CC[C@H]2CN2C[C@@]3(CCCc4cc(Cl)ccc43)COc3ccc(cc32)C(=O)NS1(=O)=O. The maximum Gasteiger partial charge on any atom is 0.264 e. The van der Waals surface area contributed by atoms with Crippen molar-refractivity contribution in [1.29, 1.82) is 0 Å². The molecule has 0 unspecified atom stereocenters. The first kappa shape index (κ1) is 35.8. The fraction of sp³-hybridized carbons (Fsp3) is 0.615. The Hall–Kier alpha value is -2.63. The number of amides is 1. The topological polar surface area (TPSA) is 97.4 Å². The second-order valence-corrected chi connectivity index (χ2v) is 18.0. The van der Waals surface area contributed by atoms with E-state index in [-0.39, 0.29) is 17.3 Å². The van der Waals surface area contributed by atoms with Crippen molar-refractivity contribution in [2.45, 2.75) is 75.6 Å². The highest BCUT2D eigenvalue weighted by Crippen LogP contribution is 2.49. The third-order valence-electron chi connectivity index (χ3n) is 12.3. The second-order valence-electron chi connectivity index (χ2n) is 15.5. The molecule has 1 saturated heterocycles. The number of carbonyl (C=O) groups is 1. The molecule has 1 spiro atoms. The maximum atomic E-state index is 13.6. The number of nitrogens with zero attached hydrogens (tertiary/aromatic N) is 2. The summed E-state index contributed by atoms with van der Waals surface area (Å²) in [6, 6.07) is 11.6. The van der Waals surface area contributed by atoms with Crippen LogP contribution in [0.15, 0.2) is 48.6 Å². The van der Waals surface area contributed by atoms with Crippen molar-refractivity contribution in [3.63, 3.8) is 0 Å². The van der Waals surface area contributed by atoms with Crippen molar-refractivity contribution in [3.8, 4) is 5.75 Å². The zero-order valence-corrected chi connectivity index (χ0v) is 31.2. The molecule has 2 bridgehead atoms. The van der Waals surface area contributed by atoms with Crippen LogP contribution in [0.3, 0.4) is 0 Å². The minimum atomic E-state index is -3.94.